The van der Waals surface area contributed by atoms with Gasteiger partial charge in [-0.3, -0.25) is 14.9 Å². The molecule has 0 radical (unpaired) electrons. The second kappa shape index (κ2) is 5.90. The van der Waals surface area contributed by atoms with Crippen LogP contribution in [0.25, 0.3) is 0 Å². The molecule has 1 unspecified atom stereocenters. The second-order valence-electron chi connectivity index (χ2n) is 5.23. The zero-order valence-electron chi connectivity index (χ0n) is 11.5. The van der Waals surface area contributed by atoms with Gasteiger partial charge in [0, 0.05) is 24.7 Å². The topological polar surface area (TPSA) is 89.5 Å². The number of nitrogen functional groups attached to an aromatic ring is 1. The van der Waals surface area contributed by atoms with Gasteiger partial charge in [0.25, 0.3) is 11.6 Å². The van der Waals surface area contributed by atoms with Crippen molar-refractivity contribution in [2.75, 3.05) is 18.8 Å². The summed E-state index contributed by atoms with van der Waals surface area (Å²) in [6, 6.07) is 4.17. The summed E-state index contributed by atoms with van der Waals surface area (Å²) < 4.78 is 0. The Morgan fingerprint density at radius 3 is 2.90 bits per heavy atom. The fourth-order valence-corrected chi connectivity index (χ4v) is 2.70. The lowest BCUT2D eigenvalue weighted by atomic mass is 10.0. The summed E-state index contributed by atoms with van der Waals surface area (Å²) in [5.74, 6) is 0.476. The number of carbonyl (C=O) groups excluding carboxylic acids is 1. The maximum atomic E-state index is 12.3. The van der Waals surface area contributed by atoms with E-state index in [1.165, 1.54) is 18.2 Å². The lowest BCUT2D eigenvalue weighted by molar-refractivity contribution is -0.383. The Kier molecular flexibility index (Phi) is 4.22. The number of carbonyl (C=O) groups is 1. The van der Waals surface area contributed by atoms with Gasteiger partial charge in [0.2, 0.25) is 0 Å². The van der Waals surface area contributed by atoms with Crippen LogP contribution in [0.15, 0.2) is 18.2 Å². The van der Waals surface area contributed by atoms with Crippen molar-refractivity contribution in [2.24, 2.45) is 5.92 Å². The summed E-state index contributed by atoms with van der Waals surface area (Å²) in [6.07, 6.45) is 3.28. The second-order valence-corrected chi connectivity index (χ2v) is 5.23. The number of likely N-dealkylation sites (tertiary alicyclic amines) is 1. The lowest BCUT2D eigenvalue weighted by Crippen LogP contribution is -2.28. The van der Waals surface area contributed by atoms with Gasteiger partial charge in [-0.2, -0.15) is 0 Å². The quantitative estimate of drug-likeness (QED) is 0.520. The van der Waals surface area contributed by atoms with Crippen LogP contribution >= 0.6 is 0 Å². The predicted octanol–water partition coefficient (Wildman–Crippen LogP) is 2.44. The third kappa shape index (κ3) is 2.89. The van der Waals surface area contributed by atoms with Crippen LogP contribution in [0.2, 0.25) is 0 Å². The Labute approximate surface area is 117 Å². The molecule has 6 nitrogen and oxygen atoms in total. The maximum absolute atomic E-state index is 12.3. The molecule has 1 aromatic rings. The van der Waals surface area contributed by atoms with Crippen molar-refractivity contribution in [1.29, 1.82) is 0 Å². The largest absolute Gasteiger partial charge is 0.393 e. The molecule has 1 atom stereocenters. The van der Waals surface area contributed by atoms with Crippen molar-refractivity contribution in [3.05, 3.63) is 33.9 Å². The van der Waals surface area contributed by atoms with Gasteiger partial charge in [0.1, 0.15) is 5.69 Å². The summed E-state index contributed by atoms with van der Waals surface area (Å²) in [6.45, 7) is 3.66. The SMILES string of the molecule is CCCC1CCN(C(=O)c2ccc([N+](=O)[O-])c(N)c2)C1. The van der Waals surface area contributed by atoms with E-state index in [1.807, 2.05) is 0 Å². The van der Waals surface area contributed by atoms with Gasteiger partial charge < -0.3 is 10.6 Å². The number of nitrogens with zero attached hydrogens (tertiary/aromatic N) is 2. The molecule has 0 aliphatic carbocycles. The Hall–Kier alpha value is -2.11. The third-order valence-electron chi connectivity index (χ3n) is 3.74. The number of nitro benzene ring substituents is 1. The van der Waals surface area contributed by atoms with Crippen LogP contribution in [0.3, 0.4) is 0 Å². The molecule has 1 fully saturated rings. The van der Waals surface area contributed by atoms with Crippen LogP contribution < -0.4 is 5.73 Å². The van der Waals surface area contributed by atoms with E-state index in [4.69, 9.17) is 5.73 Å². The van der Waals surface area contributed by atoms with E-state index in [0.717, 1.165) is 32.4 Å². The molecule has 2 N–H and O–H groups in total. The van der Waals surface area contributed by atoms with Gasteiger partial charge in [0.15, 0.2) is 0 Å². The normalized spacial score (nSPS) is 18.2. The molecule has 1 aliphatic rings. The molecule has 20 heavy (non-hydrogen) atoms. The molecule has 1 aromatic carbocycles. The molecule has 0 saturated carbocycles. The average molecular weight is 277 g/mol. The molecule has 0 aromatic heterocycles. The molecule has 2 rings (SSSR count). The van der Waals surface area contributed by atoms with Crippen LogP contribution in [-0.4, -0.2) is 28.8 Å². The summed E-state index contributed by atoms with van der Waals surface area (Å²) in [7, 11) is 0. The third-order valence-corrected chi connectivity index (χ3v) is 3.74. The fraction of sp³-hybridized carbons (Fsp3) is 0.500. The van der Waals surface area contributed by atoms with Crippen LogP contribution in [0.1, 0.15) is 36.5 Å². The van der Waals surface area contributed by atoms with Crippen LogP contribution in [0.4, 0.5) is 11.4 Å². The molecule has 108 valence electrons. The average Bonchev–Trinajstić information content (AvgIpc) is 2.86. The van der Waals surface area contributed by atoms with E-state index in [9.17, 15) is 14.9 Å². The molecule has 1 aliphatic heterocycles. The first kappa shape index (κ1) is 14.3. The Bertz CT molecular complexity index is 530. The molecular formula is C14H19N3O3. The molecule has 1 amide bonds. The summed E-state index contributed by atoms with van der Waals surface area (Å²) in [5.41, 5.74) is 5.92. The Balaban J connectivity index is 2.10. The molecule has 6 heteroatoms. The molecule has 0 bridgehead atoms. The van der Waals surface area contributed by atoms with Gasteiger partial charge in [0.05, 0.1) is 4.92 Å². The highest BCUT2D eigenvalue weighted by Gasteiger charge is 2.27. The van der Waals surface area contributed by atoms with Crippen LogP contribution in [0, 0.1) is 16.0 Å². The van der Waals surface area contributed by atoms with Crippen molar-refractivity contribution in [2.45, 2.75) is 26.2 Å². The first-order chi connectivity index (χ1) is 9.52. The van der Waals surface area contributed by atoms with Crippen LogP contribution in [-0.2, 0) is 0 Å². The molecule has 1 saturated heterocycles. The van der Waals surface area contributed by atoms with E-state index in [1.54, 1.807) is 4.90 Å². The van der Waals surface area contributed by atoms with Crippen molar-refractivity contribution in [3.63, 3.8) is 0 Å². The lowest BCUT2D eigenvalue weighted by Gasteiger charge is -2.16. The number of anilines is 1. The van der Waals surface area contributed by atoms with E-state index in [0.29, 0.717) is 11.5 Å². The number of nitro groups is 1. The molecule has 1 heterocycles. The fourth-order valence-electron chi connectivity index (χ4n) is 2.70. The molecular weight excluding hydrogens is 258 g/mol. The maximum Gasteiger partial charge on any atom is 0.292 e. The summed E-state index contributed by atoms with van der Waals surface area (Å²) in [4.78, 5) is 24.3. The minimum Gasteiger partial charge on any atom is -0.393 e. The highest BCUT2D eigenvalue weighted by molar-refractivity contribution is 5.95. The van der Waals surface area contributed by atoms with Crippen molar-refractivity contribution in [1.82, 2.24) is 4.90 Å². The number of hydrogen-bond donors (Lipinski definition) is 1. The number of amides is 1. The molecule has 0 spiro atoms. The number of rotatable bonds is 4. The first-order valence-electron chi connectivity index (χ1n) is 6.86. The monoisotopic (exact) mass is 277 g/mol. The minimum atomic E-state index is -0.545. The van der Waals surface area contributed by atoms with E-state index in [2.05, 4.69) is 6.92 Å². The summed E-state index contributed by atoms with van der Waals surface area (Å²) in [5, 5.41) is 10.7. The predicted molar refractivity (Wildman–Crippen MR) is 76.4 cm³/mol. The van der Waals surface area contributed by atoms with Gasteiger partial charge >= 0.3 is 0 Å². The highest BCUT2D eigenvalue weighted by atomic mass is 16.6. The van der Waals surface area contributed by atoms with Gasteiger partial charge in [-0.25, -0.2) is 0 Å². The van der Waals surface area contributed by atoms with Gasteiger partial charge in [-0.1, -0.05) is 13.3 Å². The number of hydrogen-bond acceptors (Lipinski definition) is 4. The number of nitrogens with two attached hydrogens (primary N) is 1. The Morgan fingerprint density at radius 1 is 1.55 bits per heavy atom. The van der Waals surface area contributed by atoms with E-state index < -0.39 is 4.92 Å². The zero-order valence-corrected chi connectivity index (χ0v) is 11.5. The minimum absolute atomic E-state index is 0.0326. The van der Waals surface area contributed by atoms with E-state index >= 15 is 0 Å². The van der Waals surface area contributed by atoms with Crippen molar-refractivity contribution in [3.8, 4) is 0 Å². The van der Waals surface area contributed by atoms with Crippen molar-refractivity contribution < 1.29 is 9.72 Å². The summed E-state index contributed by atoms with van der Waals surface area (Å²) >= 11 is 0. The highest BCUT2D eigenvalue weighted by Crippen LogP contribution is 2.26. The number of benzene rings is 1. The van der Waals surface area contributed by atoms with Crippen molar-refractivity contribution >= 4 is 17.3 Å². The Morgan fingerprint density at radius 2 is 2.30 bits per heavy atom. The first-order valence-corrected chi connectivity index (χ1v) is 6.86. The van der Waals surface area contributed by atoms with Gasteiger partial charge in [-0.15, -0.1) is 0 Å². The smallest absolute Gasteiger partial charge is 0.292 e. The van der Waals surface area contributed by atoms with Crippen LogP contribution in [0.5, 0.6) is 0 Å². The standard InChI is InChI=1S/C14H19N3O3/c1-2-3-10-6-7-16(9-10)14(18)11-4-5-13(17(19)20)12(15)8-11/h4-5,8,10H,2-3,6-7,9,15H2,1H3. The zero-order chi connectivity index (χ0) is 14.7. The van der Waals surface area contributed by atoms with Gasteiger partial charge in [-0.05, 0) is 30.9 Å². The van der Waals surface area contributed by atoms with E-state index in [-0.39, 0.29) is 17.3 Å².